The molecule has 2 amide bonds. The molecular weight excluding hydrogens is 328 g/mol. The Kier molecular flexibility index (Phi) is 5.93. The van der Waals surface area contributed by atoms with Crippen LogP contribution in [0.25, 0.3) is 0 Å². The standard InChI is InChI=1S/C20H28N4O2/c1-14-19(15(2)24(23-14)9-10-26-3)13-22-20(25)21-12-16-7-8-17-5-4-6-18(17)11-16/h7-8,11H,4-6,9-10,12-13H2,1-3H3,(H2,21,22,25). The molecule has 1 aliphatic rings. The first kappa shape index (κ1) is 18.5. The van der Waals surface area contributed by atoms with E-state index < -0.39 is 0 Å². The number of ether oxygens (including phenoxy) is 1. The molecule has 26 heavy (non-hydrogen) atoms. The van der Waals surface area contributed by atoms with Crippen molar-refractivity contribution in [1.82, 2.24) is 20.4 Å². The Morgan fingerprint density at radius 1 is 1.19 bits per heavy atom. The number of benzene rings is 1. The lowest BCUT2D eigenvalue weighted by Crippen LogP contribution is -2.34. The van der Waals surface area contributed by atoms with Crippen LogP contribution in [0.3, 0.4) is 0 Å². The van der Waals surface area contributed by atoms with Crippen LogP contribution in [0.2, 0.25) is 0 Å². The fourth-order valence-corrected chi connectivity index (χ4v) is 3.53. The molecule has 0 radical (unpaired) electrons. The number of methoxy groups -OCH3 is 1. The van der Waals surface area contributed by atoms with Gasteiger partial charge in [0, 0.05) is 31.5 Å². The van der Waals surface area contributed by atoms with Crippen LogP contribution in [0.1, 0.15) is 40.1 Å². The summed E-state index contributed by atoms with van der Waals surface area (Å²) in [6, 6.07) is 6.36. The zero-order valence-corrected chi connectivity index (χ0v) is 15.9. The van der Waals surface area contributed by atoms with Crippen LogP contribution in [0.4, 0.5) is 4.79 Å². The third-order valence-electron chi connectivity index (χ3n) is 5.08. The average molecular weight is 356 g/mol. The van der Waals surface area contributed by atoms with Crippen molar-refractivity contribution in [3.8, 4) is 0 Å². The minimum Gasteiger partial charge on any atom is -0.383 e. The summed E-state index contributed by atoms with van der Waals surface area (Å²) < 4.78 is 7.04. The molecule has 1 aliphatic carbocycles. The van der Waals surface area contributed by atoms with Gasteiger partial charge in [0.25, 0.3) is 0 Å². The molecule has 0 fully saturated rings. The van der Waals surface area contributed by atoms with Crippen LogP contribution >= 0.6 is 0 Å². The van der Waals surface area contributed by atoms with Crippen LogP contribution in [0.15, 0.2) is 18.2 Å². The number of nitrogens with one attached hydrogen (secondary N) is 2. The lowest BCUT2D eigenvalue weighted by Gasteiger charge is -2.10. The van der Waals surface area contributed by atoms with E-state index >= 15 is 0 Å². The van der Waals surface area contributed by atoms with Crippen LogP contribution in [-0.4, -0.2) is 29.5 Å². The van der Waals surface area contributed by atoms with E-state index in [0.717, 1.165) is 28.9 Å². The molecule has 6 heteroatoms. The number of rotatable bonds is 7. The highest BCUT2D eigenvalue weighted by molar-refractivity contribution is 5.73. The molecule has 0 atom stereocenters. The second-order valence-electron chi connectivity index (χ2n) is 6.86. The summed E-state index contributed by atoms with van der Waals surface area (Å²) in [5.41, 5.74) is 7.11. The minimum atomic E-state index is -0.158. The van der Waals surface area contributed by atoms with Gasteiger partial charge in [0.1, 0.15) is 0 Å². The number of carbonyl (C=O) groups excluding carboxylic acids is 1. The van der Waals surface area contributed by atoms with Crippen molar-refractivity contribution in [2.24, 2.45) is 0 Å². The maximum Gasteiger partial charge on any atom is 0.315 e. The molecule has 1 aromatic carbocycles. The summed E-state index contributed by atoms with van der Waals surface area (Å²) in [6.07, 6.45) is 3.57. The van der Waals surface area contributed by atoms with E-state index in [4.69, 9.17) is 4.74 Å². The maximum atomic E-state index is 12.2. The molecule has 0 unspecified atom stereocenters. The van der Waals surface area contributed by atoms with Gasteiger partial charge in [-0.05, 0) is 49.8 Å². The first-order valence-corrected chi connectivity index (χ1v) is 9.22. The van der Waals surface area contributed by atoms with Gasteiger partial charge in [0.2, 0.25) is 0 Å². The zero-order chi connectivity index (χ0) is 18.5. The molecule has 3 rings (SSSR count). The van der Waals surface area contributed by atoms with E-state index in [-0.39, 0.29) is 6.03 Å². The summed E-state index contributed by atoms with van der Waals surface area (Å²) in [5.74, 6) is 0. The Balaban J connectivity index is 1.50. The van der Waals surface area contributed by atoms with Crippen LogP contribution in [0, 0.1) is 13.8 Å². The van der Waals surface area contributed by atoms with E-state index in [1.807, 2.05) is 18.5 Å². The van der Waals surface area contributed by atoms with E-state index in [2.05, 4.69) is 33.9 Å². The zero-order valence-electron chi connectivity index (χ0n) is 15.9. The summed E-state index contributed by atoms with van der Waals surface area (Å²) in [5, 5.41) is 10.4. The minimum absolute atomic E-state index is 0.158. The molecule has 0 saturated heterocycles. The molecular formula is C20H28N4O2. The highest BCUT2D eigenvalue weighted by atomic mass is 16.5. The molecule has 0 bridgehead atoms. The third kappa shape index (κ3) is 4.25. The van der Waals surface area contributed by atoms with Crippen molar-refractivity contribution in [3.05, 3.63) is 51.8 Å². The van der Waals surface area contributed by atoms with Crippen molar-refractivity contribution in [1.29, 1.82) is 0 Å². The van der Waals surface area contributed by atoms with Crippen LogP contribution < -0.4 is 10.6 Å². The average Bonchev–Trinajstić information content (AvgIpc) is 3.20. The number of fused-ring (bicyclic) bond motifs is 1. The van der Waals surface area contributed by atoms with E-state index in [1.165, 1.54) is 24.0 Å². The van der Waals surface area contributed by atoms with Crippen molar-refractivity contribution in [2.75, 3.05) is 13.7 Å². The van der Waals surface area contributed by atoms with E-state index in [9.17, 15) is 4.79 Å². The van der Waals surface area contributed by atoms with Crippen LogP contribution in [-0.2, 0) is 37.2 Å². The largest absolute Gasteiger partial charge is 0.383 e. The van der Waals surface area contributed by atoms with Gasteiger partial charge in [0.15, 0.2) is 0 Å². The normalized spacial score (nSPS) is 12.9. The number of hydrogen-bond donors (Lipinski definition) is 2. The SMILES string of the molecule is COCCn1nc(C)c(CNC(=O)NCc2ccc3c(c2)CCC3)c1C. The summed E-state index contributed by atoms with van der Waals surface area (Å²) in [4.78, 5) is 12.2. The first-order chi connectivity index (χ1) is 12.6. The van der Waals surface area contributed by atoms with Gasteiger partial charge in [-0.3, -0.25) is 4.68 Å². The van der Waals surface area contributed by atoms with Gasteiger partial charge in [-0.2, -0.15) is 5.10 Å². The van der Waals surface area contributed by atoms with E-state index in [0.29, 0.717) is 26.2 Å². The maximum absolute atomic E-state index is 12.2. The number of amides is 2. The van der Waals surface area contributed by atoms with Crippen molar-refractivity contribution < 1.29 is 9.53 Å². The predicted octanol–water partition coefficient (Wildman–Crippen LogP) is 2.63. The first-order valence-electron chi connectivity index (χ1n) is 9.22. The fraction of sp³-hybridized carbons (Fsp3) is 0.500. The molecule has 1 heterocycles. The Morgan fingerprint density at radius 3 is 2.77 bits per heavy atom. The Hall–Kier alpha value is -2.34. The molecule has 2 N–H and O–H groups in total. The molecule has 0 saturated carbocycles. The van der Waals surface area contributed by atoms with Gasteiger partial charge in [0.05, 0.1) is 18.8 Å². The second kappa shape index (κ2) is 8.36. The topological polar surface area (TPSA) is 68.2 Å². The van der Waals surface area contributed by atoms with Gasteiger partial charge in [-0.25, -0.2) is 4.79 Å². The summed E-state index contributed by atoms with van der Waals surface area (Å²) in [7, 11) is 1.68. The number of carbonyl (C=O) groups is 1. The molecule has 0 aliphatic heterocycles. The number of aromatic nitrogens is 2. The molecule has 2 aromatic rings. The van der Waals surface area contributed by atoms with Crippen molar-refractivity contribution in [2.45, 2.75) is 52.7 Å². The third-order valence-corrected chi connectivity index (χ3v) is 5.08. The molecule has 6 nitrogen and oxygen atoms in total. The smallest absolute Gasteiger partial charge is 0.315 e. The quantitative estimate of drug-likeness (QED) is 0.801. The summed E-state index contributed by atoms with van der Waals surface area (Å²) in [6.45, 7) is 6.35. The Morgan fingerprint density at radius 2 is 1.96 bits per heavy atom. The Bertz CT molecular complexity index is 782. The second-order valence-corrected chi connectivity index (χ2v) is 6.86. The van der Waals surface area contributed by atoms with Gasteiger partial charge in [-0.1, -0.05) is 18.2 Å². The van der Waals surface area contributed by atoms with Gasteiger partial charge >= 0.3 is 6.03 Å². The fourth-order valence-electron chi connectivity index (χ4n) is 3.53. The van der Waals surface area contributed by atoms with Crippen molar-refractivity contribution >= 4 is 6.03 Å². The lowest BCUT2D eigenvalue weighted by atomic mass is 10.1. The molecule has 140 valence electrons. The number of hydrogen-bond acceptors (Lipinski definition) is 3. The van der Waals surface area contributed by atoms with Gasteiger partial charge in [-0.15, -0.1) is 0 Å². The Labute approximate surface area is 154 Å². The number of urea groups is 1. The monoisotopic (exact) mass is 356 g/mol. The summed E-state index contributed by atoms with van der Waals surface area (Å²) >= 11 is 0. The van der Waals surface area contributed by atoms with E-state index in [1.54, 1.807) is 7.11 Å². The van der Waals surface area contributed by atoms with Crippen molar-refractivity contribution in [3.63, 3.8) is 0 Å². The highest BCUT2D eigenvalue weighted by Crippen LogP contribution is 2.22. The number of aryl methyl sites for hydroxylation is 3. The lowest BCUT2D eigenvalue weighted by molar-refractivity contribution is 0.182. The number of nitrogens with zero attached hydrogens (tertiary/aromatic N) is 2. The highest BCUT2D eigenvalue weighted by Gasteiger charge is 2.13. The molecule has 0 spiro atoms. The van der Waals surface area contributed by atoms with Gasteiger partial charge < -0.3 is 15.4 Å². The molecule has 1 aromatic heterocycles. The van der Waals surface area contributed by atoms with Crippen LogP contribution in [0.5, 0.6) is 0 Å². The predicted molar refractivity (Wildman–Crippen MR) is 101 cm³/mol.